The van der Waals surface area contributed by atoms with Crippen molar-refractivity contribution >= 4 is 41.5 Å². The Balaban J connectivity index is 0.00000300. The standard InChI is InChI=1S/C21H24ClN5O.HI/c1-2-23-21(24-14-16-5-3-6-19(28)13-16)25-15-20(27-12-4-11-26-27)17-7-9-18(22)10-8-17;/h3-13,20,28H,2,14-15H2,1H3,(H2,23,24,25);1H. The summed E-state index contributed by atoms with van der Waals surface area (Å²) in [5.74, 6) is 0.948. The van der Waals surface area contributed by atoms with E-state index in [4.69, 9.17) is 11.6 Å². The van der Waals surface area contributed by atoms with Crippen molar-refractivity contribution in [1.29, 1.82) is 0 Å². The van der Waals surface area contributed by atoms with Crippen LogP contribution in [-0.2, 0) is 6.54 Å². The van der Waals surface area contributed by atoms with Gasteiger partial charge in [0.2, 0.25) is 0 Å². The first-order valence-corrected chi connectivity index (χ1v) is 9.58. The molecule has 2 aromatic carbocycles. The molecule has 8 heteroatoms. The SMILES string of the molecule is CCNC(=NCc1cccc(O)c1)NCC(c1ccc(Cl)cc1)n1cccn1.I. The molecule has 6 nitrogen and oxygen atoms in total. The number of phenolic OH excluding ortho intramolecular Hbond substituents is 1. The van der Waals surface area contributed by atoms with Crippen LogP contribution in [0, 0.1) is 0 Å². The van der Waals surface area contributed by atoms with Crippen molar-refractivity contribution in [2.24, 2.45) is 4.99 Å². The van der Waals surface area contributed by atoms with E-state index >= 15 is 0 Å². The maximum Gasteiger partial charge on any atom is 0.191 e. The first kappa shape index (κ1) is 23.0. The average molecular weight is 526 g/mol. The van der Waals surface area contributed by atoms with Gasteiger partial charge in [0.1, 0.15) is 5.75 Å². The van der Waals surface area contributed by atoms with E-state index in [0.29, 0.717) is 24.1 Å². The summed E-state index contributed by atoms with van der Waals surface area (Å²) in [5.41, 5.74) is 2.04. The summed E-state index contributed by atoms with van der Waals surface area (Å²) in [4.78, 5) is 4.62. The van der Waals surface area contributed by atoms with Gasteiger partial charge in [0.05, 0.1) is 12.6 Å². The van der Waals surface area contributed by atoms with Crippen LogP contribution in [0.5, 0.6) is 5.75 Å². The molecule has 1 heterocycles. The molecule has 1 atom stereocenters. The molecule has 0 fully saturated rings. The van der Waals surface area contributed by atoms with Gasteiger partial charge >= 0.3 is 0 Å². The van der Waals surface area contributed by atoms with Crippen molar-refractivity contribution < 1.29 is 5.11 Å². The van der Waals surface area contributed by atoms with E-state index in [1.165, 1.54) is 0 Å². The van der Waals surface area contributed by atoms with Crippen LogP contribution in [0.4, 0.5) is 0 Å². The van der Waals surface area contributed by atoms with Crippen LogP contribution in [0.2, 0.25) is 5.02 Å². The lowest BCUT2D eigenvalue weighted by atomic mass is 10.1. The minimum atomic E-state index is -0.00288. The Bertz CT molecular complexity index is 900. The molecule has 1 aromatic heterocycles. The van der Waals surface area contributed by atoms with Gasteiger partial charge in [-0.15, -0.1) is 24.0 Å². The van der Waals surface area contributed by atoms with E-state index in [9.17, 15) is 5.11 Å². The third-order valence-electron chi connectivity index (χ3n) is 4.24. The number of aromatic hydroxyl groups is 1. The molecule has 0 saturated carbocycles. The molecule has 0 aliphatic carbocycles. The van der Waals surface area contributed by atoms with Crippen LogP contribution < -0.4 is 10.6 Å². The lowest BCUT2D eigenvalue weighted by Crippen LogP contribution is -2.40. The van der Waals surface area contributed by atoms with E-state index in [-0.39, 0.29) is 35.8 Å². The molecule has 29 heavy (non-hydrogen) atoms. The van der Waals surface area contributed by atoms with Crippen LogP contribution in [-0.4, -0.2) is 33.9 Å². The van der Waals surface area contributed by atoms with Gasteiger partial charge in [-0.05, 0) is 48.4 Å². The van der Waals surface area contributed by atoms with Gasteiger partial charge in [-0.2, -0.15) is 5.10 Å². The highest BCUT2D eigenvalue weighted by atomic mass is 127. The zero-order valence-electron chi connectivity index (χ0n) is 16.1. The number of aliphatic imine (C=N–C) groups is 1. The third kappa shape index (κ3) is 6.93. The molecule has 3 N–H and O–H groups in total. The Kier molecular flexibility index (Phi) is 9.27. The Hall–Kier alpha value is -2.26. The minimum absolute atomic E-state index is 0. The summed E-state index contributed by atoms with van der Waals surface area (Å²) in [6.45, 7) is 3.85. The average Bonchev–Trinajstić information content (AvgIpc) is 3.22. The largest absolute Gasteiger partial charge is 0.508 e. The maximum atomic E-state index is 9.61. The smallest absolute Gasteiger partial charge is 0.191 e. The zero-order valence-corrected chi connectivity index (χ0v) is 19.2. The predicted molar refractivity (Wildman–Crippen MR) is 128 cm³/mol. The number of phenols is 1. The van der Waals surface area contributed by atoms with Crippen molar-refractivity contribution in [3.05, 3.63) is 83.1 Å². The number of nitrogens with one attached hydrogen (secondary N) is 2. The van der Waals surface area contributed by atoms with Gasteiger partial charge in [-0.1, -0.05) is 35.9 Å². The summed E-state index contributed by atoms with van der Waals surface area (Å²) < 4.78 is 1.91. The van der Waals surface area contributed by atoms with E-state index < -0.39 is 0 Å². The fourth-order valence-corrected chi connectivity index (χ4v) is 3.00. The number of halogens is 2. The zero-order chi connectivity index (χ0) is 19.8. The molecule has 0 aliphatic rings. The highest BCUT2D eigenvalue weighted by molar-refractivity contribution is 14.0. The lowest BCUT2D eigenvalue weighted by molar-refractivity contribution is 0.474. The molecule has 0 amide bonds. The number of aromatic nitrogens is 2. The van der Waals surface area contributed by atoms with Crippen LogP contribution in [0.15, 0.2) is 72.0 Å². The van der Waals surface area contributed by atoms with Crippen LogP contribution in [0.3, 0.4) is 0 Å². The van der Waals surface area contributed by atoms with Gasteiger partial charge in [-0.3, -0.25) is 4.68 Å². The third-order valence-corrected chi connectivity index (χ3v) is 4.49. The Morgan fingerprint density at radius 2 is 1.97 bits per heavy atom. The molecule has 0 radical (unpaired) electrons. The van der Waals surface area contributed by atoms with Crippen molar-refractivity contribution in [2.45, 2.75) is 19.5 Å². The van der Waals surface area contributed by atoms with Gasteiger partial charge in [0, 0.05) is 30.5 Å². The second kappa shape index (κ2) is 11.7. The number of hydrogen-bond donors (Lipinski definition) is 3. The highest BCUT2D eigenvalue weighted by Crippen LogP contribution is 2.19. The Morgan fingerprint density at radius 1 is 1.17 bits per heavy atom. The topological polar surface area (TPSA) is 74.5 Å². The summed E-state index contributed by atoms with van der Waals surface area (Å²) in [5, 5.41) is 21.4. The quantitative estimate of drug-likeness (QED) is 0.246. The maximum absolute atomic E-state index is 9.61. The molecule has 0 aliphatic heterocycles. The van der Waals surface area contributed by atoms with E-state index in [1.54, 1.807) is 18.3 Å². The molecular formula is C21H25ClIN5O. The first-order chi connectivity index (χ1) is 13.7. The number of nitrogens with zero attached hydrogens (tertiary/aromatic N) is 3. The molecule has 3 aromatic rings. The molecule has 154 valence electrons. The van der Waals surface area contributed by atoms with Gasteiger partial charge in [-0.25, -0.2) is 4.99 Å². The van der Waals surface area contributed by atoms with Crippen molar-refractivity contribution in [2.75, 3.05) is 13.1 Å². The molecule has 0 saturated heterocycles. The summed E-state index contributed by atoms with van der Waals surface area (Å²) in [6, 6.07) is 16.8. The Morgan fingerprint density at radius 3 is 2.62 bits per heavy atom. The predicted octanol–water partition coefficient (Wildman–Crippen LogP) is 4.20. The van der Waals surface area contributed by atoms with Crippen LogP contribution in [0.25, 0.3) is 0 Å². The van der Waals surface area contributed by atoms with Gasteiger partial charge in [0.15, 0.2) is 5.96 Å². The van der Waals surface area contributed by atoms with Gasteiger partial charge < -0.3 is 15.7 Å². The lowest BCUT2D eigenvalue weighted by Gasteiger charge is -2.20. The first-order valence-electron chi connectivity index (χ1n) is 9.20. The number of guanidine groups is 1. The van der Waals surface area contributed by atoms with Crippen molar-refractivity contribution in [3.8, 4) is 5.75 Å². The van der Waals surface area contributed by atoms with Crippen LogP contribution >= 0.6 is 35.6 Å². The number of hydrogen-bond acceptors (Lipinski definition) is 3. The van der Waals surface area contributed by atoms with E-state index in [0.717, 1.165) is 17.7 Å². The second-order valence-electron chi connectivity index (χ2n) is 6.30. The molecule has 0 bridgehead atoms. The summed E-state index contributed by atoms with van der Waals surface area (Å²) in [7, 11) is 0. The van der Waals surface area contributed by atoms with E-state index in [2.05, 4.69) is 20.7 Å². The fourth-order valence-electron chi connectivity index (χ4n) is 2.87. The molecule has 0 spiro atoms. The second-order valence-corrected chi connectivity index (χ2v) is 6.74. The normalized spacial score (nSPS) is 12.1. The number of rotatable bonds is 7. The number of benzene rings is 2. The van der Waals surface area contributed by atoms with Crippen LogP contribution in [0.1, 0.15) is 24.1 Å². The minimum Gasteiger partial charge on any atom is -0.508 e. The molecule has 1 unspecified atom stereocenters. The van der Waals surface area contributed by atoms with Crippen molar-refractivity contribution in [3.63, 3.8) is 0 Å². The monoisotopic (exact) mass is 525 g/mol. The highest BCUT2D eigenvalue weighted by Gasteiger charge is 2.15. The van der Waals surface area contributed by atoms with Gasteiger partial charge in [0.25, 0.3) is 0 Å². The fraction of sp³-hybridized carbons (Fsp3) is 0.238. The summed E-state index contributed by atoms with van der Waals surface area (Å²) in [6.07, 6.45) is 3.71. The van der Waals surface area contributed by atoms with Crippen molar-refractivity contribution in [1.82, 2.24) is 20.4 Å². The Labute approximate surface area is 193 Å². The molecular weight excluding hydrogens is 501 g/mol. The summed E-state index contributed by atoms with van der Waals surface area (Å²) >= 11 is 6.04. The van der Waals surface area contributed by atoms with E-state index in [1.807, 2.05) is 60.3 Å². The molecule has 3 rings (SSSR count).